The van der Waals surface area contributed by atoms with Gasteiger partial charge in [-0.2, -0.15) is 0 Å². The average Bonchev–Trinajstić information content (AvgIpc) is 3.20. The summed E-state index contributed by atoms with van der Waals surface area (Å²) in [6.45, 7) is 5.50. The second kappa shape index (κ2) is 6.41. The molecule has 3 rings (SSSR count). The fourth-order valence-electron chi connectivity index (χ4n) is 2.69. The van der Waals surface area contributed by atoms with Crippen molar-refractivity contribution in [2.75, 3.05) is 19.6 Å². The number of nitrogens with one attached hydrogen (secondary N) is 2. The molecule has 0 aromatic carbocycles. The first-order valence-electron chi connectivity index (χ1n) is 7.26. The van der Waals surface area contributed by atoms with Gasteiger partial charge in [0.05, 0.1) is 23.3 Å². The van der Waals surface area contributed by atoms with E-state index in [9.17, 15) is 4.79 Å². The largest absolute Gasteiger partial charge is 0.367 e. The zero-order valence-electron chi connectivity index (χ0n) is 12.1. The van der Waals surface area contributed by atoms with Crippen LogP contribution in [0.15, 0.2) is 24.0 Å². The van der Waals surface area contributed by atoms with Crippen molar-refractivity contribution >= 4 is 17.2 Å². The molecule has 1 aliphatic heterocycles. The molecule has 112 valence electrons. The van der Waals surface area contributed by atoms with E-state index in [-0.39, 0.29) is 5.91 Å². The Labute approximate surface area is 128 Å². The molecule has 6 heteroatoms. The van der Waals surface area contributed by atoms with E-state index < -0.39 is 0 Å². The lowest BCUT2D eigenvalue weighted by atomic mass is 10.1. The third kappa shape index (κ3) is 3.33. The van der Waals surface area contributed by atoms with Crippen LogP contribution in [0.2, 0.25) is 0 Å². The van der Waals surface area contributed by atoms with Gasteiger partial charge in [-0.25, -0.2) is 4.98 Å². The number of hydrogen-bond donors (Lipinski definition) is 2. The molecular weight excluding hydrogens is 284 g/mol. The molecule has 2 N–H and O–H groups in total. The van der Waals surface area contributed by atoms with Crippen molar-refractivity contribution in [3.05, 3.63) is 40.1 Å². The Morgan fingerprint density at radius 2 is 2.48 bits per heavy atom. The molecule has 0 radical (unpaired) electrons. The number of aromatic nitrogens is 2. The van der Waals surface area contributed by atoms with Gasteiger partial charge in [0, 0.05) is 23.8 Å². The summed E-state index contributed by atoms with van der Waals surface area (Å²) in [6.07, 6.45) is 4.70. The molecule has 0 aliphatic carbocycles. The molecule has 2 aromatic heterocycles. The van der Waals surface area contributed by atoms with Crippen LogP contribution in [-0.4, -0.2) is 40.4 Å². The van der Waals surface area contributed by atoms with Crippen molar-refractivity contribution < 1.29 is 4.79 Å². The summed E-state index contributed by atoms with van der Waals surface area (Å²) in [7, 11) is 0. The number of carbonyl (C=O) groups excluding carboxylic acids is 1. The molecule has 1 amide bonds. The molecule has 21 heavy (non-hydrogen) atoms. The minimum Gasteiger partial charge on any atom is -0.367 e. The van der Waals surface area contributed by atoms with Gasteiger partial charge in [0.1, 0.15) is 0 Å². The lowest BCUT2D eigenvalue weighted by Gasteiger charge is -2.25. The molecule has 0 unspecified atom stereocenters. The summed E-state index contributed by atoms with van der Waals surface area (Å²) < 4.78 is 0. The van der Waals surface area contributed by atoms with Gasteiger partial charge in [-0.1, -0.05) is 0 Å². The van der Waals surface area contributed by atoms with E-state index in [0.717, 1.165) is 37.3 Å². The van der Waals surface area contributed by atoms with Crippen LogP contribution in [-0.2, 0) is 6.54 Å². The highest BCUT2D eigenvalue weighted by Gasteiger charge is 2.24. The SMILES string of the molecule is Cc1ncsc1CN(C[C@H]1CCNC1)C(=O)c1cc[nH]c1. The quantitative estimate of drug-likeness (QED) is 0.888. The predicted molar refractivity (Wildman–Crippen MR) is 83.4 cm³/mol. The van der Waals surface area contributed by atoms with Gasteiger partial charge < -0.3 is 15.2 Å². The van der Waals surface area contributed by atoms with Crippen LogP contribution in [0.25, 0.3) is 0 Å². The molecule has 1 fully saturated rings. The Kier molecular flexibility index (Phi) is 4.36. The second-order valence-electron chi connectivity index (χ2n) is 5.51. The van der Waals surface area contributed by atoms with E-state index in [1.54, 1.807) is 23.7 Å². The highest BCUT2D eigenvalue weighted by atomic mass is 32.1. The first kappa shape index (κ1) is 14.3. The predicted octanol–water partition coefficient (Wildman–Crippen LogP) is 2.03. The number of nitrogens with zero attached hydrogens (tertiary/aromatic N) is 2. The number of H-pyrrole nitrogens is 1. The third-order valence-corrected chi connectivity index (χ3v) is 4.87. The monoisotopic (exact) mass is 304 g/mol. The summed E-state index contributed by atoms with van der Waals surface area (Å²) in [5.41, 5.74) is 3.60. The molecule has 1 aliphatic rings. The molecule has 5 nitrogen and oxygen atoms in total. The number of aryl methyl sites for hydroxylation is 1. The van der Waals surface area contributed by atoms with Gasteiger partial charge >= 0.3 is 0 Å². The standard InChI is InChI=1S/C15H20N4OS/c1-11-14(21-10-18-11)9-19(8-12-2-4-16-6-12)15(20)13-3-5-17-7-13/h3,5,7,10,12,16-17H,2,4,6,8-9H2,1H3/t12-/m0/s1. The molecule has 2 aromatic rings. The molecule has 3 heterocycles. The topological polar surface area (TPSA) is 61.0 Å². The van der Waals surface area contributed by atoms with E-state index in [1.807, 2.05) is 23.4 Å². The smallest absolute Gasteiger partial charge is 0.255 e. The molecule has 1 atom stereocenters. The van der Waals surface area contributed by atoms with Crippen LogP contribution < -0.4 is 5.32 Å². The summed E-state index contributed by atoms with van der Waals surface area (Å²) in [5.74, 6) is 0.636. The summed E-state index contributed by atoms with van der Waals surface area (Å²) >= 11 is 1.62. The summed E-state index contributed by atoms with van der Waals surface area (Å²) in [6, 6.07) is 1.84. The maximum absolute atomic E-state index is 12.7. The minimum atomic E-state index is 0.0935. The molecular formula is C15H20N4OS. The van der Waals surface area contributed by atoms with Crippen LogP contribution >= 0.6 is 11.3 Å². The lowest BCUT2D eigenvalue weighted by molar-refractivity contribution is 0.0720. The molecule has 0 spiro atoms. The van der Waals surface area contributed by atoms with E-state index in [0.29, 0.717) is 12.5 Å². The first-order chi connectivity index (χ1) is 10.2. The van der Waals surface area contributed by atoms with Gasteiger partial charge in [-0.3, -0.25) is 4.79 Å². The normalized spacial score (nSPS) is 18.0. The van der Waals surface area contributed by atoms with Crippen molar-refractivity contribution in [3.63, 3.8) is 0 Å². The van der Waals surface area contributed by atoms with Gasteiger partial charge in [-0.15, -0.1) is 11.3 Å². The molecule has 0 saturated carbocycles. The van der Waals surface area contributed by atoms with E-state index >= 15 is 0 Å². The molecule has 0 bridgehead atoms. The van der Waals surface area contributed by atoms with Gasteiger partial charge in [0.25, 0.3) is 5.91 Å². The molecule has 1 saturated heterocycles. The Hall–Kier alpha value is -1.66. The lowest BCUT2D eigenvalue weighted by Crippen LogP contribution is -2.35. The van der Waals surface area contributed by atoms with E-state index in [4.69, 9.17) is 0 Å². The zero-order valence-corrected chi connectivity index (χ0v) is 12.9. The van der Waals surface area contributed by atoms with Crippen molar-refractivity contribution in [2.24, 2.45) is 5.92 Å². The minimum absolute atomic E-state index is 0.0935. The van der Waals surface area contributed by atoms with Gasteiger partial charge in [-0.05, 0) is 38.4 Å². The van der Waals surface area contributed by atoms with E-state index in [1.165, 1.54) is 4.88 Å². The van der Waals surface area contributed by atoms with E-state index in [2.05, 4.69) is 15.3 Å². The van der Waals surface area contributed by atoms with Crippen LogP contribution in [0.1, 0.15) is 27.3 Å². The van der Waals surface area contributed by atoms with Crippen molar-refractivity contribution in [1.29, 1.82) is 0 Å². The van der Waals surface area contributed by atoms with Crippen LogP contribution in [0.5, 0.6) is 0 Å². The summed E-state index contributed by atoms with van der Waals surface area (Å²) in [4.78, 5) is 23.1. The maximum atomic E-state index is 12.7. The number of aromatic amines is 1. The number of thiazole rings is 1. The van der Waals surface area contributed by atoms with Gasteiger partial charge in [0.2, 0.25) is 0 Å². The van der Waals surface area contributed by atoms with Crippen molar-refractivity contribution in [2.45, 2.75) is 19.9 Å². The number of rotatable bonds is 5. The van der Waals surface area contributed by atoms with Crippen LogP contribution in [0.3, 0.4) is 0 Å². The Bertz CT molecular complexity index is 587. The van der Waals surface area contributed by atoms with Gasteiger partial charge in [0.15, 0.2) is 0 Å². The number of hydrogen-bond acceptors (Lipinski definition) is 4. The maximum Gasteiger partial charge on any atom is 0.255 e. The fourth-order valence-corrected chi connectivity index (χ4v) is 3.48. The Morgan fingerprint density at radius 3 is 3.10 bits per heavy atom. The Balaban J connectivity index is 1.76. The average molecular weight is 304 g/mol. The van der Waals surface area contributed by atoms with Crippen molar-refractivity contribution in [3.8, 4) is 0 Å². The summed E-state index contributed by atoms with van der Waals surface area (Å²) in [5, 5.41) is 3.37. The fraction of sp³-hybridized carbons (Fsp3) is 0.467. The highest BCUT2D eigenvalue weighted by Crippen LogP contribution is 2.19. The van der Waals surface area contributed by atoms with Crippen LogP contribution in [0, 0.1) is 12.8 Å². The number of amides is 1. The van der Waals surface area contributed by atoms with Crippen molar-refractivity contribution in [1.82, 2.24) is 20.2 Å². The first-order valence-corrected chi connectivity index (χ1v) is 8.13. The highest BCUT2D eigenvalue weighted by molar-refractivity contribution is 7.09. The number of carbonyl (C=O) groups is 1. The van der Waals surface area contributed by atoms with Crippen LogP contribution in [0.4, 0.5) is 0 Å². The second-order valence-corrected chi connectivity index (χ2v) is 6.44. The third-order valence-electron chi connectivity index (χ3n) is 3.95. The zero-order chi connectivity index (χ0) is 14.7. The Morgan fingerprint density at radius 1 is 1.57 bits per heavy atom.